The molecule has 5 rings (SSSR count). The van der Waals surface area contributed by atoms with Crippen LogP contribution < -0.4 is 25.3 Å². The second kappa shape index (κ2) is 10.7. The topological polar surface area (TPSA) is 148 Å². The Morgan fingerprint density at radius 1 is 0.900 bits per heavy atom. The lowest BCUT2D eigenvalue weighted by Crippen LogP contribution is -2.27. The van der Waals surface area contributed by atoms with Crippen molar-refractivity contribution in [2.24, 2.45) is 0 Å². The molecule has 0 unspecified atom stereocenters. The Morgan fingerprint density at radius 3 is 2.10 bits per heavy atom. The Balaban J connectivity index is 1.52. The van der Waals surface area contributed by atoms with Crippen LogP contribution in [0.15, 0.2) is 76.5 Å². The molecular weight excluding hydrogens is 534 g/mol. The van der Waals surface area contributed by atoms with E-state index in [9.17, 15) is 13.2 Å². The smallest absolute Gasteiger partial charge is 0.251 e. The number of hydrogen-bond acceptors (Lipinski definition) is 9. The third kappa shape index (κ3) is 4.62. The van der Waals surface area contributed by atoms with Gasteiger partial charge in [-0.25, -0.2) is 18.4 Å². The first-order chi connectivity index (χ1) is 19.3. The number of para-hydroxylation sites is 2. The number of carbonyl (C=O) groups excluding carboxylic acids is 1. The number of hydrogen-bond donors (Lipinski definition) is 2. The molecule has 1 amide bonds. The van der Waals surface area contributed by atoms with Gasteiger partial charge in [-0.15, -0.1) is 0 Å². The zero-order chi connectivity index (χ0) is 28.4. The third-order valence-corrected chi connectivity index (χ3v) is 8.25. The van der Waals surface area contributed by atoms with Gasteiger partial charge in [0, 0.05) is 18.7 Å². The second-order valence-corrected chi connectivity index (χ2v) is 10.6. The molecule has 0 radical (unpaired) electrons. The first-order valence-electron chi connectivity index (χ1n) is 12.2. The summed E-state index contributed by atoms with van der Waals surface area (Å²) < 4.78 is 44.9. The predicted molar refractivity (Wildman–Crippen MR) is 150 cm³/mol. The third-order valence-electron chi connectivity index (χ3n) is 6.42. The lowest BCUT2D eigenvalue weighted by atomic mass is 10.1. The molecule has 3 N–H and O–H groups in total. The van der Waals surface area contributed by atoms with E-state index in [-0.39, 0.29) is 39.8 Å². The Hall–Kier alpha value is -4.84. The molecule has 0 aliphatic heterocycles. The van der Waals surface area contributed by atoms with E-state index in [4.69, 9.17) is 19.9 Å². The van der Waals surface area contributed by atoms with Crippen LogP contribution in [0.2, 0.25) is 0 Å². The van der Waals surface area contributed by atoms with E-state index in [2.05, 4.69) is 15.3 Å². The molecule has 0 spiro atoms. The number of nitrogens with zero attached hydrogens (tertiary/aromatic N) is 3. The van der Waals surface area contributed by atoms with Crippen LogP contribution in [0.4, 0.5) is 5.82 Å². The summed E-state index contributed by atoms with van der Waals surface area (Å²) in [6.45, 7) is 0.249. The van der Waals surface area contributed by atoms with E-state index in [1.54, 1.807) is 41.0 Å². The van der Waals surface area contributed by atoms with Gasteiger partial charge in [0.15, 0.2) is 17.1 Å². The van der Waals surface area contributed by atoms with Crippen LogP contribution in [0, 0.1) is 0 Å². The van der Waals surface area contributed by atoms with Crippen LogP contribution in [0.3, 0.4) is 0 Å². The molecule has 0 fully saturated rings. The summed E-state index contributed by atoms with van der Waals surface area (Å²) in [5, 5.41) is 2.83. The predicted octanol–water partition coefficient (Wildman–Crippen LogP) is 3.46. The van der Waals surface area contributed by atoms with Crippen molar-refractivity contribution in [3.63, 3.8) is 0 Å². The summed E-state index contributed by atoms with van der Waals surface area (Å²) in [7, 11) is 0.377. The number of benzene rings is 3. The molecule has 3 aromatic carbocycles. The number of rotatable bonds is 9. The van der Waals surface area contributed by atoms with Crippen LogP contribution in [0.25, 0.3) is 22.2 Å². The summed E-state index contributed by atoms with van der Waals surface area (Å²) in [6.07, 6.45) is 0. The van der Waals surface area contributed by atoms with Crippen molar-refractivity contribution in [2.75, 3.05) is 33.6 Å². The normalized spacial score (nSPS) is 11.5. The van der Waals surface area contributed by atoms with Crippen LogP contribution in [0.1, 0.15) is 10.4 Å². The lowest BCUT2D eigenvalue weighted by Gasteiger charge is -2.14. The highest BCUT2D eigenvalue weighted by Gasteiger charge is 2.30. The Morgan fingerprint density at radius 2 is 1.50 bits per heavy atom. The molecule has 40 heavy (non-hydrogen) atoms. The van der Waals surface area contributed by atoms with Gasteiger partial charge in [0.2, 0.25) is 15.6 Å². The number of amides is 1. The number of nitrogens with two attached hydrogens (primary N) is 1. The molecule has 0 saturated heterocycles. The van der Waals surface area contributed by atoms with Gasteiger partial charge in [-0.1, -0.05) is 30.3 Å². The van der Waals surface area contributed by atoms with Crippen LogP contribution in [-0.2, 0) is 16.4 Å². The largest absolute Gasteiger partial charge is 0.493 e. The number of anilines is 1. The second-order valence-electron chi connectivity index (χ2n) is 8.74. The number of aromatic nitrogens is 3. The number of nitrogens with one attached hydrogen (secondary N) is 1. The minimum Gasteiger partial charge on any atom is -0.493 e. The van der Waals surface area contributed by atoms with Crippen molar-refractivity contribution < 1.29 is 27.4 Å². The Kier molecular flexibility index (Phi) is 7.18. The van der Waals surface area contributed by atoms with Crippen LogP contribution in [-0.4, -0.2) is 56.7 Å². The highest BCUT2D eigenvalue weighted by atomic mass is 32.2. The van der Waals surface area contributed by atoms with Gasteiger partial charge in [0.25, 0.3) is 5.91 Å². The quantitative estimate of drug-likeness (QED) is 0.276. The number of fused-ring (bicyclic) bond motifs is 2. The fourth-order valence-corrected chi connectivity index (χ4v) is 6.02. The molecule has 0 bridgehead atoms. The average molecular weight is 562 g/mol. The maximum atomic E-state index is 13.7. The van der Waals surface area contributed by atoms with Crippen LogP contribution in [0.5, 0.6) is 17.2 Å². The lowest BCUT2D eigenvalue weighted by molar-refractivity contribution is 0.0951. The van der Waals surface area contributed by atoms with Crippen molar-refractivity contribution in [1.82, 2.24) is 19.9 Å². The number of carbonyl (C=O) groups is 1. The molecule has 11 nitrogen and oxygen atoms in total. The van der Waals surface area contributed by atoms with Gasteiger partial charge in [-0.05, 0) is 36.4 Å². The first-order valence-corrected chi connectivity index (χ1v) is 13.7. The Labute approximate surface area is 230 Å². The van der Waals surface area contributed by atoms with Gasteiger partial charge in [0.1, 0.15) is 16.2 Å². The fraction of sp³-hybridized carbons (Fsp3) is 0.179. The summed E-state index contributed by atoms with van der Waals surface area (Å²) in [5.74, 6) is 0.626. The minimum absolute atomic E-state index is 0.0174. The van der Waals surface area contributed by atoms with E-state index in [1.165, 1.54) is 45.6 Å². The SMILES string of the molecule is COc1cc(C(=O)NCCn2c(N)c(S(=O)(=O)c3ccccc3)c3nc4ccccc4nc32)cc(OC)c1OC. The number of nitrogen functional groups attached to an aromatic ring is 1. The monoisotopic (exact) mass is 561 g/mol. The van der Waals surface area contributed by atoms with Gasteiger partial charge < -0.3 is 29.8 Å². The van der Waals surface area contributed by atoms with Crippen molar-refractivity contribution in [3.8, 4) is 17.2 Å². The summed E-state index contributed by atoms with van der Waals surface area (Å²) in [6, 6.07) is 18.3. The van der Waals surface area contributed by atoms with Gasteiger partial charge in [0.05, 0.1) is 37.3 Å². The average Bonchev–Trinajstić information content (AvgIpc) is 3.25. The molecular formula is C28H27N5O6S. The molecule has 0 aliphatic carbocycles. The van der Waals surface area contributed by atoms with Gasteiger partial charge in [-0.3, -0.25) is 4.79 Å². The van der Waals surface area contributed by atoms with E-state index in [0.717, 1.165) is 0 Å². The maximum Gasteiger partial charge on any atom is 0.251 e. The first kappa shape index (κ1) is 26.8. The molecule has 2 aromatic heterocycles. The molecule has 2 heterocycles. The van der Waals surface area contributed by atoms with E-state index in [1.807, 2.05) is 6.07 Å². The number of ether oxygens (including phenoxy) is 3. The number of methoxy groups -OCH3 is 3. The molecule has 206 valence electrons. The molecule has 5 aromatic rings. The molecule has 0 atom stereocenters. The van der Waals surface area contributed by atoms with Crippen molar-refractivity contribution in [3.05, 3.63) is 72.3 Å². The van der Waals surface area contributed by atoms with Crippen molar-refractivity contribution in [2.45, 2.75) is 16.3 Å². The summed E-state index contributed by atoms with van der Waals surface area (Å²) in [5.41, 5.74) is 8.35. The fourth-order valence-electron chi connectivity index (χ4n) is 4.49. The van der Waals surface area contributed by atoms with E-state index in [0.29, 0.717) is 33.9 Å². The maximum absolute atomic E-state index is 13.7. The van der Waals surface area contributed by atoms with Gasteiger partial charge >= 0.3 is 0 Å². The zero-order valence-corrected chi connectivity index (χ0v) is 22.9. The molecule has 12 heteroatoms. The Bertz CT molecular complexity index is 1810. The standard InChI is InChI=1S/C28H27N5O6S/c1-37-21-15-17(16-22(38-2)24(21)39-3)28(34)30-13-14-33-26(29)25(40(35,36)18-9-5-4-6-10-18)23-27(33)32-20-12-8-7-11-19(20)31-23/h4-12,15-16H,13-14,29H2,1-3H3,(H,30,34). The van der Waals surface area contributed by atoms with Crippen LogP contribution >= 0.6 is 0 Å². The van der Waals surface area contributed by atoms with Gasteiger partial charge in [-0.2, -0.15) is 0 Å². The van der Waals surface area contributed by atoms with E-state index >= 15 is 0 Å². The van der Waals surface area contributed by atoms with Crippen molar-refractivity contribution in [1.29, 1.82) is 0 Å². The summed E-state index contributed by atoms with van der Waals surface area (Å²) in [4.78, 5) is 22.3. The highest BCUT2D eigenvalue weighted by molar-refractivity contribution is 7.92. The summed E-state index contributed by atoms with van der Waals surface area (Å²) >= 11 is 0. The zero-order valence-electron chi connectivity index (χ0n) is 22.0. The molecule has 0 aliphatic rings. The highest BCUT2D eigenvalue weighted by Crippen LogP contribution is 2.38. The minimum atomic E-state index is -4.03. The van der Waals surface area contributed by atoms with E-state index < -0.39 is 15.7 Å². The number of sulfone groups is 1. The molecule has 0 saturated carbocycles. The van der Waals surface area contributed by atoms with Crippen molar-refractivity contribution >= 4 is 43.8 Å².